The lowest BCUT2D eigenvalue weighted by Gasteiger charge is -2.35. The Labute approximate surface area is 190 Å². The fourth-order valence-electron chi connectivity index (χ4n) is 4.23. The maximum absolute atomic E-state index is 12.6. The fourth-order valence-corrected chi connectivity index (χ4v) is 4.56. The van der Waals surface area contributed by atoms with E-state index in [2.05, 4.69) is 5.32 Å². The molecule has 0 aliphatic carbocycles. The van der Waals surface area contributed by atoms with Gasteiger partial charge in [0, 0.05) is 33.8 Å². The first kappa shape index (κ1) is 20.3. The summed E-state index contributed by atoms with van der Waals surface area (Å²) in [5, 5.41) is 4.33. The van der Waals surface area contributed by atoms with Crippen molar-refractivity contribution >= 4 is 34.9 Å². The first-order chi connectivity index (χ1) is 15.0. The third kappa shape index (κ3) is 3.48. The molecule has 31 heavy (non-hydrogen) atoms. The lowest BCUT2D eigenvalue weighted by atomic mass is 9.89. The van der Waals surface area contributed by atoms with Gasteiger partial charge in [0.2, 0.25) is 5.79 Å². The highest BCUT2D eigenvalue weighted by molar-refractivity contribution is 6.30. The van der Waals surface area contributed by atoms with E-state index in [0.29, 0.717) is 23.3 Å². The lowest BCUT2D eigenvalue weighted by Crippen LogP contribution is -2.45. The highest BCUT2D eigenvalue weighted by Crippen LogP contribution is 2.43. The Bertz CT molecular complexity index is 1140. The molecule has 5 rings (SSSR count). The van der Waals surface area contributed by atoms with E-state index in [4.69, 9.17) is 32.7 Å². The highest BCUT2D eigenvalue weighted by atomic mass is 35.5. The van der Waals surface area contributed by atoms with Gasteiger partial charge in [-0.1, -0.05) is 53.5 Å². The van der Waals surface area contributed by atoms with Crippen LogP contribution in [0.1, 0.15) is 28.3 Å². The molecule has 0 spiro atoms. The number of halogens is 2. The van der Waals surface area contributed by atoms with Crippen molar-refractivity contribution in [2.24, 2.45) is 0 Å². The number of hydrogen-bond donors (Lipinski definition) is 1. The number of nitrogens with one attached hydrogen (secondary N) is 1. The topological polar surface area (TPSA) is 50.8 Å². The average molecular weight is 455 g/mol. The number of rotatable bonds is 3. The molecule has 1 saturated heterocycles. The van der Waals surface area contributed by atoms with Gasteiger partial charge in [-0.05, 0) is 42.0 Å². The number of urea groups is 1. The van der Waals surface area contributed by atoms with Crippen molar-refractivity contribution in [2.75, 3.05) is 25.2 Å². The van der Waals surface area contributed by atoms with Crippen LogP contribution in [0.5, 0.6) is 0 Å². The van der Waals surface area contributed by atoms with E-state index in [0.717, 1.165) is 27.9 Å². The largest absolute Gasteiger partial charge is 0.340 e. The second-order valence-corrected chi connectivity index (χ2v) is 8.46. The van der Waals surface area contributed by atoms with Crippen LogP contribution >= 0.6 is 23.2 Å². The van der Waals surface area contributed by atoms with Gasteiger partial charge < -0.3 is 14.8 Å². The molecule has 0 saturated carbocycles. The Balaban J connectivity index is 1.66. The van der Waals surface area contributed by atoms with Crippen molar-refractivity contribution < 1.29 is 14.3 Å². The van der Waals surface area contributed by atoms with Crippen LogP contribution in [0.2, 0.25) is 10.0 Å². The third-order valence-corrected chi connectivity index (χ3v) is 6.24. The first-order valence-electron chi connectivity index (χ1n) is 9.96. The van der Waals surface area contributed by atoms with Crippen LogP contribution in [0.25, 0.3) is 0 Å². The molecule has 2 amide bonds. The van der Waals surface area contributed by atoms with Crippen molar-refractivity contribution in [3.63, 3.8) is 0 Å². The molecule has 5 nitrogen and oxygen atoms in total. The smallest absolute Gasteiger partial charge is 0.322 e. The molecule has 3 aromatic rings. The minimum absolute atomic E-state index is 0.175. The second-order valence-electron chi connectivity index (χ2n) is 7.59. The highest BCUT2D eigenvalue weighted by Gasteiger charge is 2.42. The monoisotopic (exact) mass is 454 g/mol. The zero-order valence-corrected chi connectivity index (χ0v) is 18.3. The molecule has 1 fully saturated rings. The van der Waals surface area contributed by atoms with Crippen LogP contribution in [0.3, 0.4) is 0 Å². The molecule has 2 aliphatic heterocycles. The summed E-state index contributed by atoms with van der Waals surface area (Å²) in [4.78, 5) is 14.2. The van der Waals surface area contributed by atoms with Gasteiger partial charge in [0.25, 0.3) is 0 Å². The summed E-state index contributed by atoms with van der Waals surface area (Å²) < 4.78 is 12.3. The Kier molecular flexibility index (Phi) is 5.15. The van der Waals surface area contributed by atoms with Crippen LogP contribution in [0.4, 0.5) is 10.5 Å². The van der Waals surface area contributed by atoms with E-state index in [1.54, 1.807) is 11.9 Å². The summed E-state index contributed by atoms with van der Waals surface area (Å²) in [5.74, 6) is -1.03. The van der Waals surface area contributed by atoms with E-state index in [9.17, 15) is 4.79 Å². The molecule has 2 aliphatic rings. The Morgan fingerprint density at radius 2 is 1.65 bits per heavy atom. The van der Waals surface area contributed by atoms with E-state index < -0.39 is 5.79 Å². The van der Waals surface area contributed by atoms with Gasteiger partial charge >= 0.3 is 6.03 Å². The standard InChI is InChI=1S/C24H20Cl2N2O3/c1-28-21-10-7-17(24(30-11-12-31-24)16-5-8-18(25)9-6-16)14-20(21)22(27-23(28)29)15-3-2-4-19(26)13-15/h2-10,13-14,22H,11-12H2,1H3,(H,27,29). The van der Waals surface area contributed by atoms with Crippen LogP contribution < -0.4 is 10.2 Å². The lowest BCUT2D eigenvalue weighted by molar-refractivity contribution is -0.129. The summed E-state index contributed by atoms with van der Waals surface area (Å²) >= 11 is 12.3. The van der Waals surface area contributed by atoms with Crippen molar-refractivity contribution in [3.05, 3.63) is 99.0 Å². The third-order valence-electron chi connectivity index (χ3n) is 5.75. The number of carbonyl (C=O) groups excluding carboxylic acids is 1. The maximum atomic E-state index is 12.6. The first-order valence-corrected chi connectivity index (χ1v) is 10.7. The second kappa shape index (κ2) is 7.84. The number of nitrogens with zero attached hydrogens (tertiary/aromatic N) is 1. The van der Waals surface area contributed by atoms with Crippen molar-refractivity contribution in [1.29, 1.82) is 0 Å². The molecular weight excluding hydrogens is 435 g/mol. The molecule has 7 heteroatoms. The van der Waals surface area contributed by atoms with E-state index in [1.165, 1.54) is 0 Å². The fraction of sp³-hybridized carbons (Fsp3) is 0.208. The molecule has 1 atom stereocenters. The quantitative estimate of drug-likeness (QED) is 0.568. The van der Waals surface area contributed by atoms with Crippen molar-refractivity contribution in [3.8, 4) is 0 Å². The number of ether oxygens (including phenoxy) is 2. The van der Waals surface area contributed by atoms with Gasteiger partial charge in [0.15, 0.2) is 0 Å². The van der Waals surface area contributed by atoms with Crippen molar-refractivity contribution in [2.45, 2.75) is 11.8 Å². The van der Waals surface area contributed by atoms with Gasteiger partial charge in [-0.15, -0.1) is 0 Å². The van der Waals surface area contributed by atoms with Gasteiger partial charge in [0.05, 0.1) is 24.9 Å². The SMILES string of the molecule is CN1C(=O)NC(c2cccc(Cl)c2)c2cc(C3(c4ccc(Cl)cc4)OCCO3)ccc21. The zero-order valence-electron chi connectivity index (χ0n) is 16.8. The van der Waals surface area contributed by atoms with E-state index >= 15 is 0 Å². The molecule has 0 bridgehead atoms. The summed E-state index contributed by atoms with van der Waals surface area (Å²) in [5.41, 5.74) is 4.38. The minimum atomic E-state index is -1.03. The van der Waals surface area contributed by atoms with Gasteiger partial charge in [-0.25, -0.2) is 4.79 Å². The summed E-state index contributed by atoms with van der Waals surface area (Å²) in [6.07, 6.45) is 0. The van der Waals surface area contributed by atoms with Crippen LogP contribution in [0.15, 0.2) is 66.7 Å². The molecule has 1 N–H and O–H groups in total. The van der Waals surface area contributed by atoms with Crippen LogP contribution in [0, 0.1) is 0 Å². The van der Waals surface area contributed by atoms with Crippen molar-refractivity contribution in [1.82, 2.24) is 5.32 Å². The number of carbonyl (C=O) groups is 1. The van der Waals surface area contributed by atoms with Gasteiger partial charge in [0.1, 0.15) is 0 Å². The Morgan fingerprint density at radius 3 is 2.35 bits per heavy atom. The molecule has 158 valence electrons. The summed E-state index contributed by atoms with van der Waals surface area (Å²) in [6.45, 7) is 0.960. The average Bonchev–Trinajstić information content (AvgIpc) is 3.27. The molecule has 3 aromatic carbocycles. The number of hydrogen-bond acceptors (Lipinski definition) is 3. The molecule has 0 radical (unpaired) electrons. The predicted molar refractivity (Wildman–Crippen MR) is 121 cm³/mol. The number of anilines is 1. The summed E-state index contributed by atoms with van der Waals surface area (Å²) in [6, 6.07) is 20.4. The minimum Gasteiger partial charge on any atom is -0.340 e. The van der Waals surface area contributed by atoms with Crippen LogP contribution in [-0.4, -0.2) is 26.3 Å². The molecular formula is C24H20Cl2N2O3. The molecule has 0 aromatic heterocycles. The van der Waals surface area contributed by atoms with Gasteiger partial charge in [-0.3, -0.25) is 4.90 Å². The van der Waals surface area contributed by atoms with Crippen LogP contribution in [-0.2, 0) is 15.3 Å². The normalized spacial score (nSPS) is 19.8. The number of amides is 2. The Morgan fingerprint density at radius 1 is 0.935 bits per heavy atom. The van der Waals surface area contributed by atoms with E-state index in [-0.39, 0.29) is 12.1 Å². The molecule has 1 unspecified atom stereocenters. The van der Waals surface area contributed by atoms with Gasteiger partial charge in [-0.2, -0.15) is 0 Å². The number of benzene rings is 3. The predicted octanol–water partition coefficient (Wildman–Crippen LogP) is 5.49. The Hall–Kier alpha value is -2.57. The summed E-state index contributed by atoms with van der Waals surface area (Å²) in [7, 11) is 1.75. The number of fused-ring (bicyclic) bond motifs is 1. The zero-order chi connectivity index (χ0) is 21.6. The van der Waals surface area contributed by atoms with E-state index in [1.807, 2.05) is 66.7 Å². The maximum Gasteiger partial charge on any atom is 0.322 e. The molecule has 2 heterocycles.